The van der Waals surface area contributed by atoms with E-state index in [1.54, 1.807) is 17.0 Å². The minimum atomic E-state index is -0.0955. The number of nitrogens with zero attached hydrogens (tertiary/aromatic N) is 3. The van der Waals surface area contributed by atoms with Crippen molar-refractivity contribution in [3.05, 3.63) is 65.0 Å². The number of rotatable bonds is 4. The maximum Gasteiger partial charge on any atom is 0.232 e. The van der Waals surface area contributed by atoms with Gasteiger partial charge in [-0.3, -0.25) is 4.79 Å². The molecule has 4 rings (SSSR count). The first-order valence-electron chi connectivity index (χ1n) is 8.63. The van der Waals surface area contributed by atoms with E-state index < -0.39 is 0 Å². The van der Waals surface area contributed by atoms with Crippen LogP contribution in [0.5, 0.6) is 0 Å². The zero-order chi connectivity index (χ0) is 18.1. The van der Waals surface area contributed by atoms with E-state index >= 15 is 0 Å². The molecule has 1 aromatic heterocycles. The second-order valence-electron chi connectivity index (χ2n) is 6.39. The smallest absolute Gasteiger partial charge is 0.232 e. The summed E-state index contributed by atoms with van der Waals surface area (Å²) in [5, 5.41) is 4.70. The third-order valence-electron chi connectivity index (χ3n) is 4.67. The molecule has 1 atom stereocenters. The molecule has 0 unspecified atom stereocenters. The fraction of sp³-hybridized carbons (Fsp3) is 0.250. The zero-order valence-corrected chi connectivity index (χ0v) is 15.1. The minimum Gasteiger partial charge on any atom is -0.339 e. The van der Waals surface area contributed by atoms with Crippen LogP contribution < -0.4 is 4.90 Å². The molecular weight excluding hydrogens is 350 g/mol. The maximum absolute atomic E-state index is 12.4. The lowest BCUT2D eigenvalue weighted by atomic mass is 10.1. The van der Waals surface area contributed by atoms with Gasteiger partial charge in [-0.2, -0.15) is 4.98 Å². The zero-order valence-electron chi connectivity index (χ0n) is 14.4. The monoisotopic (exact) mass is 367 g/mol. The number of halogens is 1. The van der Waals surface area contributed by atoms with Gasteiger partial charge in [0, 0.05) is 29.2 Å². The Morgan fingerprint density at radius 1 is 1.15 bits per heavy atom. The highest BCUT2D eigenvalue weighted by Crippen LogP contribution is 2.32. The van der Waals surface area contributed by atoms with Gasteiger partial charge in [0.15, 0.2) is 0 Å². The molecule has 2 heterocycles. The van der Waals surface area contributed by atoms with Crippen molar-refractivity contribution in [3.8, 4) is 11.4 Å². The van der Waals surface area contributed by atoms with Gasteiger partial charge in [-0.15, -0.1) is 0 Å². The quantitative estimate of drug-likeness (QED) is 0.682. The minimum absolute atomic E-state index is 0.0745. The number of aryl methyl sites for hydroxylation is 1. The molecule has 1 aliphatic rings. The van der Waals surface area contributed by atoms with E-state index in [0.29, 0.717) is 29.7 Å². The fourth-order valence-corrected chi connectivity index (χ4v) is 3.28. The Kier molecular flexibility index (Phi) is 4.47. The summed E-state index contributed by atoms with van der Waals surface area (Å²) in [6.45, 7) is 2.66. The number of hydrogen-bond acceptors (Lipinski definition) is 4. The third-order valence-corrected chi connectivity index (χ3v) is 4.93. The lowest BCUT2D eigenvalue weighted by Gasteiger charge is -2.16. The van der Waals surface area contributed by atoms with Crippen LogP contribution in [-0.2, 0) is 11.2 Å². The molecule has 26 heavy (non-hydrogen) atoms. The summed E-state index contributed by atoms with van der Waals surface area (Å²) in [6.07, 6.45) is 1.35. The van der Waals surface area contributed by atoms with Crippen LogP contribution in [0.3, 0.4) is 0 Å². The normalized spacial score (nSPS) is 17.1. The molecule has 0 saturated carbocycles. The van der Waals surface area contributed by atoms with Crippen molar-refractivity contribution in [2.45, 2.75) is 25.7 Å². The van der Waals surface area contributed by atoms with Gasteiger partial charge in [-0.25, -0.2) is 0 Å². The molecule has 0 N–H and O–H groups in total. The van der Waals surface area contributed by atoms with Crippen LogP contribution in [0.2, 0.25) is 5.02 Å². The average molecular weight is 368 g/mol. The standard InChI is InChI=1S/C20H18ClN3O2/c1-2-13-3-9-17(10-4-13)24-12-15(11-18(24)25)20-22-19(23-26-20)14-5-7-16(21)8-6-14/h3-10,15H,2,11-12H2,1H3/t15-/m1/s1. The molecule has 1 amide bonds. The summed E-state index contributed by atoms with van der Waals surface area (Å²) in [5.74, 6) is 0.984. The van der Waals surface area contributed by atoms with Gasteiger partial charge in [0.2, 0.25) is 17.6 Å². The van der Waals surface area contributed by atoms with Crippen molar-refractivity contribution in [2.75, 3.05) is 11.4 Å². The summed E-state index contributed by atoms with van der Waals surface area (Å²) in [5.41, 5.74) is 2.99. The van der Waals surface area contributed by atoms with Gasteiger partial charge in [-0.1, -0.05) is 35.8 Å². The van der Waals surface area contributed by atoms with Crippen molar-refractivity contribution in [1.82, 2.24) is 10.1 Å². The van der Waals surface area contributed by atoms with E-state index in [0.717, 1.165) is 17.7 Å². The molecule has 5 nitrogen and oxygen atoms in total. The number of aromatic nitrogens is 2. The first-order chi connectivity index (χ1) is 12.6. The molecule has 6 heteroatoms. The van der Waals surface area contributed by atoms with Crippen LogP contribution in [0, 0.1) is 0 Å². The second-order valence-corrected chi connectivity index (χ2v) is 6.82. The Labute approximate surface area is 156 Å². The third kappa shape index (κ3) is 3.22. The SMILES string of the molecule is CCc1ccc(N2C[C@H](c3nc(-c4ccc(Cl)cc4)no3)CC2=O)cc1. The second kappa shape index (κ2) is 6.92. The number of anilines is 1. The highest BCUT2D eigenvalue weighted by Gasteiger charge is 2.35. The molecule has 2 aromatic carbocycles. The Balaban J connectivity index is 1.52. The molecule has 0 bridgehead atoms. The van der Waals surface area contributed by atoms with Crippen LogP contribution in [0.4, 0.5) is 5.69 Å². The summed E-state index contributed by atoms with van der Waals surface area (Å²) >= 11 is 5.91. The van der Waals surface area contributed by atoms with Crippen LogP contribution in [-0.4, -0.2) is 22.6 Å². The number of amides is 1. The molecule has 1 aliphatic heterocycles. The van der Waals surface area contributed by atoms with Gasteiger partial charge < -0.3 is 9.42 Å². The van der Waals surface area contributed by atoms with Gasteiger partial charge in [0.25, 0.3) is 0 Å². The van der Waals surface area contributed by atoms with Gasteiger partial charge in [0.1, 0.15) is 0 Å². The summed E-state index contributed by atoms with van der Waals surface area (Å²) in [4.78, 5) is 18.7. The predicted octanol–water partition coefficient (Wildman–Crippen LogP) is 4.47. The number of carbonyl (C=O) groups is 1. The number of hydrogen-bond donors (Lipinski definition) is 0. The van der Waals surface area contributed by atoms with E-state index in [1.165, 1.54) is 5.56 Å². The van der Waals surface area contributed by atoms with Gasteiger partial charge in [-0.05, 0) is 48.4 Å². The van der Waals surface area contributed by atoms with Crippen molar-refractivity contribution >= 4 is 23.2 Å². The molecular formula is C20H18ClN3O2. The summed E-state index contributed by atoms with van der Waals surface area (Å²) in [6, 6.07) is 15.4. The number of benzene rings is 2. The van der Waals surface area contributed by atoms with Crippen molar-refractivity contribution in [1.29, 1.82) is 0 Å². The Hall–Kier alpha value is -2.66. The molecule has 1 saturated heterocycles. The Bertz CT molecular complexity index is 919. The van der Waals surface area contributed by atoms with E-state index in [-0.39, 0.29) is 11.8 Å². The average Bonchev–Trinajstić information content (AvgIpc) is 3.29. The summed E-state index contributed by atoms with van der Waals surface area (Å²) in [7, 11) is 0. The maximum atomic E-state index is 12.4. The van der Waals surface area contributed by atoms with Crippen LogP contribution in [0.1, 0.15) is 30.7 Å². The highest BCUT2D eigenvalue weighted by atomic mass is 35.5. The van der Waals surface area contributed by atoms with Crippen LogP contribution >= 0.6 is 11.6 Å². The van der Waals surface area contributed by atoms with E-state index in [1.807, 2.05) is 24.3 Å². The van der Waals surface area contributed by atoms with E-state index in [2.05, 4.69) is 29.2 Å². The predicted molar refractivity (Wildman–Crippen MR) is 100 cm³/mol. The molecule has 3 aromatic rings. The molecule has 0 aliphatic carbocycles. The van der Waals surface area contributed by atoms with Gasteiger partial charge >= 0.3 is 0 Å². The Morgan fingerprint density at radius 3 is 2.58 bits per heavy atom. The molecule has 1 fully saturated rings. The molecule has 0 spiro atoms. The molecule has 132 valence electrons. The largest absolute Gasteiger partial charge is 0.339 e. The first kappa shape index (κ1) is 16.8. The van der Waals surface area contributed by atoms with Crippen LogP contribution in [0.25, 0.3) is 11.4 Å². The highest BCUT2D eigenvalue weighted by molar-refractivity contribution is 6.30. The molecule has 0 radical (unpaired) electrons. The van der Waals surface area contributed by atoms with Crippen molar-refractivity contribution in [2.24, 2.45) is 0 Å². The first-order valence-corrected chi connectivity index (χ1v) is 9.00. The van der Waals surface area contributed by atoms with Crippen molar-refractivity contribution in [3.63, 3.8) is 0 Å². The fourth-order valence-electron chi connectivity index (χ4n) is 3.15. The van der Waals surface area contributed by atoms with Gasteiger partial charge in [0.05, 0.1) is 5.92 Å². The van der Waals surface area contributed by atoms with E-state index in [4.69, 9.17) is 16.1 Å². The van der Waals surface area contributed by atoms with Crippen LogP contribution in [0.15, 0.2) is 53.1 Å². The summed E-state index contributed by atoms with van der Waals surface area (Å²) < 4.78 is 5.43. The van der Waals surface area contributed by atoms with E-state index in [9.17, 15) is 4.79 Å². The lowest BCUT2D eigenvalue weighted by molar-refractivity contribution is -0.117. The Morgan fingerprint density at radius 2 is 1.88 bits per heavy atom. The lowest BCUT2D eigenvalue weighted by Crippen LogP contribution is -2.24. The van der Waals surface area contributed by atoms with Crippen molar-refractivity contribution < 1.29 is 9.32 Å². The number of carbonyl (C=O) groups excluding carboxylic acids is 1. The topological polar surface area (TPSA) is 59.2 Å².